The largest absolute Gasteiger partial charge is 0.368 e. The molecule has 1 aliphatic rings. The molecule has 3 N–H and O–H groups in total. The molecule has 0 aromatic carbocycles. The van der Waals surface area contributed by atoms with Gasteiger partial charge in [-0.25, -0.2) is 19.9 Å². The molecule has 2 aromatic rings. The third-order valence-corrected chi connectivity index (χ3v) is 3.79. The lowest BCUT2D eigenvalue weighted by Gasteiger charge is -2.05. The topological polar surface area (TPSA) is 102 Å². The van der Waals surface area contributed by atoms with E-state index in [1.807, 2.05) is 6.92 Å². The summed E-state index contributed by atoms with van der Waals surface area (Å²) in [5, 5.41) is 7.86. The van der Waals surface area contributed by atoms with E-state index in [2.05, 4.69) is 20.2 Å². The molecule has 8 heteroatoms. The van der Waals surface area contributed by atoms with Gasteiger partial charge >= 0.3 is 5.69 Å². The average molecular weight is 264 g/mol. The highest BCUT2D eigenvalue weighted by molar-refractivity contribution is 7.99. The second kappa shape index (κ2) is 4.13. The van der Waals surface area contributed by atoms with Gasteiger partial charge in [-0.2, -0.15) is 0 Å². The van der Waals surface area contributed by atoms with Gasteiger partial charge in [-0.1, -0.05) is 0 Å². The highest BCUT2D eigenvalue weighted by atomic mass is 32.2. The molecule has 0 aliphatic heterocycles. The molecule has 18 heavy (non-hydrogen) atoms. The van der Waals surface area contributed by atoms with Crippen molar-refractivity contribution < 1.29 is 0 Å². The second-order valence-electron chi connectivity index (χ2n) is 4.23. The minimum Gasteiger partial charge on any atom is -0.368 e. The van der Waals surface area contributed by atoms with Crippen LogP contribution in [0, 0.1) is 6.92 Å². The second-order valence-corrected chi connectivity index (χ2v) is 5.19. The first-order valence-electron chi connectivity index (χ1n) is 5.59. The Balaban J connectivity index is 1.97. The van der Waals surface area contributed by atoms with Crippen LogP contribution in [0.25, 0.3) is 0 Å². The van der Waals surface area contributed by atoms with Crippen LogP contribution in [0.3, 0.4) is 0 Å². The molecule has 0 spiro atoms. The number of nitrogens with two attached hydrogens (primary N) is 1. The van der Waals surface area contributed by atoms with Crippen LogP contribution in [0.15, 0.2) is 21.2 Å². The predicted octanol–water partition coefficient (Wildman–Crippen LogP) is 0.738. The quantitative estimate of drug-likeness (QED) is 0.792. The van der Waals surface area contributed by atoms with Crippen LogP contribution >= 0.6 is 11.8 Å². The summed E-state index contributed by atoms with van der Waals surface area (Å²) in [6.07, 6.45) is 3.71. The number of rotatable bonds is 3. The molecule has 7 nitrogen and oxygen atoms in total. The van der Waals surface area contributed by atoms with E-state index in [1.165, 1.54) is 11.8 Å². The number of nitrogen functional groups attached to an aromatic ring is 1. The zero-order valence-corrected chi connectivity index (χ0v) is 10.6. The summed E-state index contributed by atoms with van der Waals surface area (Å²) in [5.74, 6) is 0.221. The summed E-state index contributed by atoms with van der Waals surface area (Å²) in [6, 6.07) is 0.276. The molecule has 1 aliphatic carbocycles. The Morgan fingerprint density at radius 2 is 2.33 bits per heavy atom. The lowest BCUT2D eigenvalue weighted by Crippen LogP contribution is -2.16. The van der Waals surface area contributed by atoms with Crippen molar-refractivity contribution in [3.05, 3.63) is 22.2 Å². The van der Waals surface area contributed by atoms with E-state index in [0.717, 1.165) is 23.4 Å². The van der Waals surface area contributed by atoms with Crippen LogP contribution in [0.1, 0.15) is 24.4 Å². The third kappa shape index (κ3) is 1.99. The highest BCUT2D eigenvalue weighted by Gasteiger charge is 2.29. The Morgan fingerprint density at radius 1 is 1.56 bits per heavy atom. The van der Waals surface area contributed by atoms with Crippen LogP contribution in [0.5, 0.6) is 0 Å². The summed E-state index contributed by atoms with van der Waals surface area (Å²) >= 11 is 1.33. The zero-order valence-electron chi connectivity index (χ0n) is 9.75. The molecule has 0 bridgehead atoms. The van der Waals surface area contributed by atoms with E-state index >= 15 is 0 Å². The van der Waals surface area contributed by atoms with Gasteiger partial charge in [0.15, 0.2) is 5.16 Å². The molecule has 0 unspecified atom stereocenters. The maximum Gasteiger partial charge on any atom is 0.344 e. The van der Waals surface area contributed by atoms with E-state index in [-0.39, 0.29) is 17.7 Å². The van der Waals surface area contributed by atoms with Gasteiger partial charge in [-0.3, -0.25) is 4.57 Å². The first-order valence-corrected chi connectivity index (χ1v) is 6.40. The maximum absolute atomic E-state index is 11.6. The summed E-state index contributed by atoms with van der Waals surface area (Å²) in [7, 11) is 0. The minimum absolute atomic E-state index is 0.167. The summed E-state index contributed by atoms with van der Waals surface area (Å²) in [6.45, 7) is 1.90. The third-order valence-electron chi connectivity index (χ3n) is 2.72. The van der Waals surface area contributed by atoms with Crippen LogP contribution in [0.2, 0.25) is 0 Å². The standard InChI is InChI=1S/C10H12N6OS/c1-5-4-12-8(11)13-7(5)18-10-15-14-9(17)16(10)6-2-3-6/h4,6H,2-3H2,1H3,(H,14,17)(H2,11,12,13). The first-order chi connectivity index (χ1) is 8.65. The summed E-state index contributed by atoms with van der Waals surface area (Å²) in [5.41, 5.74) is 6.31. The fourth-order valence-electron chi connectivity index (χ4n) is 1.65. The average Bonchev–Trinajstić information content (AvgIpc) is 3.10. The number of H-pyrrole nitrogens is 1. The Bertz CT molecular complexity index is 644. The Morgan fingerprint density at radius 3 is 3.06 bits per heavy atom. The van der Waals surface area contributed by atoms with Gasteiger partial charge in [0.25, 0.3) is 0 Å². The number of nitrogens with one attached hydrogen (secondary N) is 1. The van der Waals surface area contributed by atoms with Crippen molar-refractivity contribution in [3.63, 3.8) is 0 Å². The number of aromatic amines is 1. The fourth-order valence-corrected chi connectivity index (χ4v) is 2.59. The molecule has 1 saturated carbocycles. The zero-order chi connectivity index (χ0) is 12.7. The molecule has 0 saturated heterocycles. The normalized spacial score (nSPS) is 14.9. The van der Waals surface area contributed by atoms with Gasteiger partial charge in [0, 0.05) is 17.8 Å². The molecule has 1 fully saturated rings. The van der Waals surface area contributed by atoms with Crippen molar-refractivity contribution in [1.82, 2.24) is 24.7 Å². The first kappa shape index (κ1) is 11.3. The van der Waals surface area contributed by atoms with Gasteiger partial charge < -0.3 is 5.73 Å². The van der Waals surface area contributed by atoms with Gasteiger partial charge in [0.1, 0.15) is 5.03 Å². The molecule has 2 heterocycles. The SMILES string of the molecule is Cc1cnc(N)nc1Sc1n[nH]c(=O)n1C1CC1. The van der Waals surface area contributed by atoms with Gasteiger partial charge in [-0.05, 0) is 31.5 Å². The fraction of sp³-hybridized carbons (Fsp3) is 0.400. The lowest BCUT2D eigenvalue weighted by molar-refractivity contribution is 0.642. The van der Waals surface area contributed by atoms with Crippen LogP contribution < -0.4 is 11.4 Å². The van der Waals surface area contributed by atoms with E-state index in [1.54, 1.807) is 10.8 Å². The Kier molecular flexibility index (Phi) is 2.58. The van der Waals surface area contributed by atoms with Crippen LogP contribution in [0.4, 0.5) is 5.95 Å². The highest BCUT2D eigenvalue weighted by Crippen LogP contribution is 2.37. The number of aryl methyl sites for hydroxylation is 1. The number of hydrogen-bond acceptors (Lipinski definition) is 6. The van der Waals surface area contributed by atoms with Crippen molar-refractivity contribution in [2.24, 2.45) is 0 Å². The smallest absolute Gasteiger partial charge is 0.344 e. The molecular weight excluding hydrogens is 252 g/mol. The van der Waals surface area contributed by atoms with Crippen molar-refractivity contribution in [2.75, 3.05) is 5.73 Å². The van der Waals surface area contributed by atoms with E-state index in [0.29, 0.717) is 5.16 Å². The molecule has 0 amide bonds. The maximum atomic E-state index is 11.6. The van der Waals surface area contributed by atoms with Crippen molar-refractivity contribution in [2.45, 2.75) is 36.0 Å². The van der Waals surface area contributed by atoms with Gasteiger partial charge in [0.2, 0.25) is 5.95 Å². The van der Waals surface area contributed by atoms with E-state index in [4.69, 9.17) is 5.73 Å². The Hall–Kier alpha value is -1.83. The molecular formula is C10H12N6OS. The van der Waals surface area contributed by atoms with Crippen molar-refractivity contribution in [3.8, 4) is 0 Å². The Labute approximate surface area is 107 Å². The lowest BCUT2D eigenvalue weighted by atomic mass is 10.4. The van der Waals surface area contributed by atoms with Gasteiger partial charge in [-0.15, -0.1) is 5.10 Å². The number of anilines is 1. The van der Waals surface area contributed by atoms with Crippen molar-refractivity contribution in [1.29, 1.82) is 0 Å². The molecule has 3 rings (SSSR count). The van der Waals surface area contributed by atoms with Gasteiger partial charge in [0.05, 0.1) is 0 Å². The predicted molar refractivity (Wildman–Crippen MR) is 66.4 cm³/mol. The van der Waals surface area contributed by atoms with E-state index < -0.39 is 0 Å². The van der Waals surface area contributed by atoms with E-state index in [9.17, 15) is 4.79 Å². The number of aromatic nitrogens is 5. The number of hydrogen-bond donors (Lipinski definition) is 2. The molecule has 0 atom stereocenters. The van der Waals surface area contributed by atoms with Crippen LogP contribution in [-0.2, 0) is 0 Å². The molecule has 94 valence electrons. The number of nitrogens with zero attached hydrogens (tertiary/aromatic N) is 4. The molecule has 2 aromatic heterocycles. The minimum atomic E-state index is -0.167. The van der Waals surface area contributed by atoms with Crippen LogP contribution in [-0.4, -0.2) is 24.7 Å². The van der Waals surface area contributed by atoms with Crippen molar-refractivity contribution >= 4 is 17.7 Å². The summed E-state index contributed by atoms with van der Waals surface area (Å²) in [4.78, 5) is 19.7. The molecule has 0 radical (unpaired) electrons. The summed E-state index contributed by atoms with van der Waals surface area (Å²) < 4.78 is 1.68. The monoisotopic (exact) mass is 264 g/mol.